The molecule has 0 spiro atoms. The first-order valence-corrected chi connectivity index (χ1v) is 5.32. The highest BCUT2D eigenvalue weighted by molar-refractivity contribution is 5.98. The number of aromatic hydroxyl groups is 1. The summed E-state index contributed by atoms with van der Waals surface area (Å²) in [6.45, 7) is 2.23. The second kappa shape index (κ2) is 3.92. The van der Waals surface area contributed by atoms with Crippen LogP contribution < -0.4 is 4.74 Å². The van der Waals surface area contributed by atoms with Gasteiger partial charge in [-0.3, -0.25) is 4.79 Å². The number of aliphatic hydroxyl groups is 1. The van der Waals surface area contributed by atoms with Crippen molar-refractivity contribution in [2.75, 3.05) is 20.2 Å². The van der Waals surface area contributed by atoms with E-state index in [1.54, 1.807) is 19.1 Å². The zero-order valence-corrected chi connectivity index (χ0v) is 9.80. The Bertz CT molecular complexity index is 448. The Hall–Kier alpha value is -1.75. The van der Waals surface area contributed by atoms with Gasteiger partial charge in [0, 0.05) is 0 Å². The molecule has 92 valence electrons. The van der Waals surface area contributed by atoms with Crippen molar-refractivity contribution in [1.82, 2.24) is 4.90 Å². The van der Waals surface area contributed by atoms with Crippen molar-refractivity contribution in [2.24, 2.45) is 0 Å². The topological polar surface area (TPSA) is 70.0 Å². The summed E-state index contributed by atoms with van der Waals surface area (Å²) in [5.41, 5.74) is -0.621. The van der Waals surface area contributed by atoms with Crippen LogP contribution in [0, 0.1) is 0 Å². The van der Waals surface area contributed by atoms with E-state index in [1.165, 1.54) is 18.1 Å². The number of phenolic OH excluding ortho intramolecular Hbond substituents is 1. The predicted octanol–water partition coefficient (Wildman–Crippen LogP) is 0.608. The first-order valence-electron chi connectivity index (χ1n) is 5.32. The fourth-order valence-corrected chi connectivity index (χ4v) is 1.95. The fraction of sp³-hybridized carbons (Fsp3) is 0.417. The fourth-order valence-electron chi connectivity index (χ4n) is 1.95. The molecule has 2 N–H and O–H groups in total. The van der Waals surface area contributed by atoms with E-state index in [1.807, 2.05) is 0 Å². The van der Waals surface area contributed by atoms with E-state index in [0.29, 0.717) is 0 Å². The summed E-state index contributed by atoms with van der Waals surface area (Å²) in [5, 5.41) is 19.4. The van der Waals surface area contributed by atoms with Crippen molar-refractivity contribution in [1.29, 1.82) is 0 Å². The monoisotopic (exact) mass is 237 g/mol. The number of phenols is 1. The molecule has 1 aliphatic heterocycles. The standard InChI is InChI=1S/C12H15NO4/c1-12(16)6-13(7-12)11(15)8-4-3-5-9(17-2)10(8)14/h3-5,14,16H,6-7H2,1-2H3. The second-order valence-corrected chi connectivity index (χ2v) is 4.51. The number of benzene rings is 1. The summed E-state index contributed by atoms with van der Waals surface area (Å²) in [7, 11) is 1.43. The first-order chi connectivity index (χ1) is 7.94. The number of amides is 1. The second-order valence-electron chi connectivity index (χ2n) is 4.51. The Labute approximate surface area is 99.2 Å². The van der Waals surface area contributed by atoms with Gasteiger partial charge in [-0.1, -0.05) is 6.07 Å². The summed E-state index contributed by atoms with van der Waals surface area (Å²) in [6, 6.07) is 4.76. The van der Waals surface area contributed by atoms with E-state index in [0.717, 1.165) is 0 Å². The minimum Gasteiger partial charge on any atom is -0.504 e. The summed E-state index contributed by atoms with van der Waals surface area (Å²) in [6.07, 6.45) is 0. The summed E-state index contributed by atoms with van der Waals surface area (Å²) in [5.74, 6) is -0.192. The Morgan fingerprint density at radius 3 is 2.65 bits per heavy atom. The third kappa shape index (κ3) is 2.06. The van der Waals surface area contributed by atoms with Crippen LogP contribution in [0.4, 0.5) is 0 Å². The summed E-state index contributed by atoms with van der Waals surface area (Å²) in [4.78, 5) is 13.5. The molecule has 2 rings (SSSR count). The van der Waals surface area contributed by atoms with Crippen LogP contribution in [-0.2, 0) is 0 Å². The van der Waals surface area contributed by atoms with Gasteiger partial charge in [0.05, 0.1) is 31.4 Å². The van der Waals surface area contributed by atoms with Crippen LogP contribution in [0.25, 0.3) is 0 Å². The molecule has 0 bridgehead atoms. The molecule has 1 amide bonds. The largest absolute Gasteiger partial charge is 0.504 e. The zero-order chi connectivity index (χ0) is 12.6. The number of β-amino-alcohol motifs (C(OH)–C–C–N with tert-alkyl or cyclic N) is 1. The average Bonchev–Trinajstić information content (AvgIpc) is 2.25. The molecular weight excluding hydrogens is 222 g/mol. The maximum Gasteiger partial charge on any atom is 0.257 e. The van der Waals surface area contributed by atoms with Gasteiger partial charge in [-0.2, -0.15) is 0 Å². The highest BCUT2D eigenvalue weighted by atomic mass is 16.5. The number of para-hydroxylation sites is 1. The van der Waals surface area contributed by atoms with E-state index in [2.05, 4.69) is 0 Å². The summed E-state index contributed by atoms with van der Waals surface area (Å²) >= 11 is 0. The lowest BCUT2D eigenvalue weighted by Crippen LogP contribution is -2.61. The van der Waals surface area contributed by atoms with Gasteiger partial charge in [0.1, 0.15) is 0 Å². The van der Waals surface area contributed by atoms with Gasteiger partial charge in [-0.25, -0.2) is 0 Å². The lowest BCUT2D eigenvalue weighted by atomic mass is 9.95. The Morgan fingerprint density at radius 2 is 2.12 bits per heavy atom. The molecule has 0 unspecified atom stereocenters. The quantitative estimate of drug-likeness (QED) is 0.790. The van der Waals surface area contributed by atoms with E-state index in [-0.39, 0.29) is 36.1 Å². The Kier molecular flexibility index (Phi) is 2.71. The van der Waals surface area contributed by atoms with Gasteiger partial charge in [0.2, 0.25) is 0 Å². The van der Waals surface area contributed by atoms with Gasteiger partial charge >= 0.3 is 0 Å². The van der Waals surface area contributed by atoms with Crippen molar-refractivity contribution < 1.29 is 19.7 Å². The lowest BCUT2D eigenvalue weighted by Gasteiger charge is -2.44. The van der Waals surface area contributed by atoms with Crippen LogP contribution in [0.5, 0.6) is 11.5 Å². The van der Waals surface area contributed by atoms with Gasteiger partial charge < -0.3 is 19.8 Å². The molecule has 5 nitrogen and oxygen atoms in total. The highest BCUT2D eigenvalue weighted by Gasteiger charge is 2.40. The third-order valence-corrected chi connectivity index (χ3v) is 2.80. The first kappa shape index (κ1) is 11.7. The Morgan fingerprint density at radius 1 is 1.47 bits per heavy atom. The molecule has 1 aromatic carbocycles. The number of rotatable bonds is 2. The van der Waals surface area contributed by atoms with Gasteiger partial charge in [0.15, 0.2) is 11.5 Å². The molecule has 17 heavy (non-hydrogen) atoms. The molecule has 0 atom stereocenters. The number of carbonyl (C=O) groups is 1. The van der Waals surface area contributed by atoms with Crippen molar-refractivity contribution in [3.63, 3.8) is 0 Å². The number of likely N-dealkylation sites (tertiary alicyclic amines) is 1. The molecule has 0 aliphatic carbocycles. The number of methoxy groups -OCH3 is 1. The van der Waals surface area contributed by atoms with Crippen molar-refractivity contribution in [3.8, 4) is 11.5 Å². The lowest BCUT2D eigenvalue weighted by molar-refractivity contribution is -0.0669. The number of ether oxygens (including phenoxy) is 1. The van der Waals surface area contributed by atoms with Crippen LogP contribution in [0.15, 0.2) is 18.2 Å². The number of carbonyl (C=O) groups excluding carboxylic acids is 1. The minimum atomic E-state index is -0.815. The van der Waals surface area contributed by atoms with Crippen molar-refractivity contribution in [2.45, 2.75) is 12.5 Å². The van der Waals surface area contributed by atoms with E-state index in [9.17, 15) is 15.0 Å². The molecule has 1 saturated heterocycles. The van der Waals surface area contributed by atoms with Crippen LogP contribution in [0.2, 0.25) is 0 Å². The van der Waals surface area contributed by atoms with Gasteiger partial charge in [0.25, 0.3) is 5.91 Å². The highest BCUT2D eigenvalue weighted by Crippen LogP contribution is 2.32. The molecule has 1 fully saturated rings. The SMILES string of the molecule is COc1cccc(C(=O)N2CC(C)(O)C2)c1O. The minimum absolute atomic E-state index is 0.161. The molecular formula is C12H15NO4. The van der Waals surface area contributed by atoms with E-state index < -0.39 is 5.60 Å². The average molecular weight is 237 g/mol. The number of hydrogen-bond donors (Lipinski definition) is 2. The molecule has 0 aromatic heterocycles. The smallest absolute Gasteiger partial charge is 0.257 e. The number of nitrogens with zero attached hydrogens (tertiary/aromatic N) is 1. The van der Waals surface area contributed by atoms with E-state index in [4.69, 9.17) is 4.74 Å². The van der Waals surface area contributed by atoms with E-state index >= 15 is 0 Å². The van der Waals surface area contributed by atoms with Crippen molar-refractivity contribution in [3.05, 3.63) is 23.8 Å². The third-order valence-electron chi connectivity index (χ3n) is 2.80. The predicted molar refractivity (Wildman–Crippen MR) is 61.2 cm³/mol. The molecule has 0 radical (unpaired) electrons. The molecule has 1 heterocycles. The molecule has 0 saturated carbocycles. The summed E-state index contributed by atoms with van der Waals surface area (Å²) < 4.78 is 4.94. The zero-order valence-electron chi connectivity index (χ0n) is 9.80. The van der Waals surface area contributed by atoms with Crippen LogP contribution in [-0.4, -0.2) is 46.8 Å². The van der Waals surface area contributed by atoms with Crippen LogP contribution in [0.3, 0.4) is 0 Å². The molecule has 5 heteroatoms. The van der Waals surface area contributed by atoms with Crippen molar-refractivity contribution >= 4 is 5.91 Å². The van der Waals surface area contributed by atoms with Crippen LogP contribution >= 0.6 is 0 Å². The van der Waals surface area contributed by atoms with Crippen LogP contribution in [0.1, 0.15) is 17.3 Å². The molecule has 1 aliphatic rings. The maximum absolute atomic E-state index is 12.0. The number of hydrogen-bond acceptors (Lipinski definition) is 4. The normalized spacial score (nSPS) is 17.5. The van der Waals surface area contributed by atoms with Gasteiger partial charge in [-0.15, -0.1) is 0 Å². The molecule has 1 aromatic rings. The van der Waals surface area contributed by atoms with Gasteiger partial charge in [-0.05, 0) is 19.1 Å². The maximum atomic E-state index is 12.0. The Balaban J connectivity index is 2.21.